The van der Waals surface area contributed by atoms with Gasteiger partial charge in [-0.1, -0.05) is 35.5 Å². The maximum absolute atomic E-state index is 12.8. The summed E-state index contributed by atoms with van der Waals surface area (Å²) in [5.74, 6) is -0.518. The first-order valence-electron chi connectivity index (χ1n) is 9.48. The van der Waals surface area contributed by atoms with Gasteiger partial charge >= 0.3 is 5.97 Å². The highest BCUT2D eigenvalue weighted by atomic mass is 32.1. The molecule has 4 rings (SSSR count). The molecule has 0 bridgehead atoms. The largest absolute Gasteiger partial charge is 0.508 e. The van der Waals surface area contributed by atoms with Crippen molar-refractivity contribution in [2.24, 2.45) is 0 Å². The molecule has 2 heterocycles. The summed E-state index contributed by atoms with van der Waals surface area (Å²) in [6.45, 7) is 1.94. The Kier molecular flexibility index (Phi) is 5.81. The molecule has 0 radical (unpaired) electrons. The fraction of sp³-hybridized carbons (Fsp3) is 0.0870. The summed E-state index contributed by atoms with van der Waals surface area (Å²) in [5.41, 5.74) is 2.56. The Morgan fingerprint density at radius 1 is 1.10 bits per heavy atom. The summed E-state index contributed by atoms with van der Waals surface area (Å²) in [6.07, 6.45) is 0. The van der Waals surface area contributed by atoms with Crippen molar-refractivity contribution in [3.8, 4) is 28.2 Å². The number of carbonyl (C=O) groups is 2. The van der Waals surface area contributed by atoms with Crippen molar-refractivity contribution in [1.29, 1.82) is 0 Å². The van der Waals surface area contributed by atoms with Crippen LogP contribution in [0.2, 0.25) is 0 Å². The first-order valence-corrected chi connectivity index (χ1v) is 10.4. The number of amides is 1. The van der Waals surface area contributed by atoms with Gasteiger partial charge in [0.15, 0.2) is 11.5 Å². The Balaban J connectivity index is 1.62. The molecule has 0 aliphatic rings. The van der Waals surface area contributed by atoms with Crippen molar-refractivity contribution >= 4 is 28.2 Å². The second-order valence-electron chi connectivity index (χ2n) is 6.52. The molecule has 0 aliphatic carbocycles. The van der Waals surface area contributed by atoms with E-state index in [9.17, 15) is 14.7 Å². The first kappa shape index (κ1) is 20.4. The standard InChI is InChI=1S/C23H18N2O5S/c1-2-29-23(28)20-17(14-6-4-3-5-7-14)13-31-22(20)24-21(27)18-12-19(30-25-18)15-8-10-16(26)11-9-15/h3-13,26H,2H2,1H3,(H,24,27). The molecule has 0 saturated carbocycles. The Morgan fingerprint density at radius 2 is 1.84 bits per heavy atom. The summed E-state index contributed by atoms with van der Waals surface area (Å²) >= 11 is 1.23. The highest BCUT2D eigenvalue weighted by Crippen LogP contribution is 2.36. The van der Waals surface area contributed by atoms with Crippen LogP contribution in [0.5, 0.6) is 5.75 Å². The summed E-state index contributed by atoms with van der Waals surface area (Å²) in [7, 11) is 0. The predicted molar refractivity (Wildman–Crippen MR) is 117 cm³/mol. The number of phenols is 1. The van der Waals surface area contributed by atoms with Gasteiger partial charge in [-0.2, -0.15) is 0 Å². The number of hydrogen-bond donors (Lipinski definition) is 2. The fourth-order valence-electron chi connectivity index (χ4n) is 3.00. The number of thiophene rings is 1. The molecular weight excluding hydrogens is 416 g/mol. The van der Waals surface area contributed by atoms with E-state index in [0.29, 0.717) is 27.5 Å². The van der Waals surface area contributed by atoms with Crippen molar-refractivity contribution in [2.75, 3.05) is 11.9 Å². The van der Waals surface area contributed by atoms with Crippen LogP contribution in [-0.4, -0.2) is 28.7 Å². The predicted octanol–water partition coefficient (Wildman–Crippen LogP) is 5.20. The van der Waals surface area contributed by atoms with Crippen LogP contribution in [0.1, 0.15) is 27.8 Å². The van der Waals surface area contributed by atoms with E-state index in [1.807, 2.05) is 35.7 Å². The second kappa shape index (κ2) is 8.85. The zero-order chi connectivity index (χ0) is 21.8. The number of nitrogens with one attached hydrogen (secondary N) is 1. The van der Waals surface area contributed by atoms with Crippen LogP contribution >= 0.6 is 11.3 Å². The Morgan fingerprint density at radius 3 is 2.55 bits per heavy atom. The molecular formula is C23H18N2O5S. The van der Waals surface area contributed by atoms with Gasteiger partial charge in [-0.05, 0) is 36.8 Å². The van der Waals surface area contributed by atoms with Crippen LogP contribution in [0.15, 0.2) is 70.6 Å². The number of benzene rings is 2. The topological polar surface area (TPSA) is 102 Å². The van der Waals surface area contributed by atoms with Crippen LogP contribution in [0.25, 0.3) is 22.5 Å². The molecule has 1 amide bonds. The van der Waals surface area contributed by atoms with Gasteiger partial charge in [0.2, 0.25) is 0 Å². The number of hydrogen-bond acceptors (Lipinski definition) is 7. The molecule has 2 aromatic carbocycles. The average molecular weight is 434 g/mol. The van der Waals surface area contributed by atoms with E-state index in [-0.39, 0.29) is 18.1 Å². The number of ether oxygens (including phenoxy) is 1. The van der Waals surface area contributed by atoms with Crippen molar-refractivity contribution < 1.29 is 24.0 Å². The number of phenolic OH excluding ortho intramolecular Hbond substituents is 1. The van der Waals surface area contributed by atoms with Gasteiger partial charge in [0.1, 0.15) is 16.3 Å². The number of rotatable bonds is 6. The van der Waals surface area contributed by atoms with Gasteiger partial charge in [-0.25, -0.2) is 4.79 Å². The van der Waals surface area contributed by atoms with Crippen LogP contribution < -0.4 is 5.32 Å². The molecule has 0 spiro atoms. The first-order chi connectivity index (χ1) is 15.1. The van der Waals surface area contributed by atoms with E-state index in [1.54, 1.807) is 19.1 Å². The molecule has 31 heavy (non-hydrogen) atoms. The minimum absolute atomic E-state index is 0.0625. The summed E-state index contributed by atoms with van der Waals surface area (Å²) in [4.78, 5) is 25.4. The van der Waals surface area contributed by atoms with Crippen molar-refractivity contribution in [2.45, 2.75) is 6.92 Å². The lowest BCUT2D eigenvalue weighted by atomic mass is 10.0. The Labute approximate surface area is 181 Å². The number of aromatic hydroxyl groups is 1. The SMILES string of the molecule is CCOC(=O)c1c(-c2ccccc2)csc1NC(=O)c1cc(-c2ccc(O)cc2)on1. The quantitative estimate of drug-likeness (QED) is 0.404. The summed E-state index contributed by atoms with van der Waals surface area (Å²) in [6, 6.07) is 17.2. The monoisotopic (exact) mass is 434 g/mol. The lowest BCUT2D eigenvalue weighted by Gasteiger charge is -2.08. The number of nitrogens with zero attached hydrogens (tertiary/aromatic N) is 1. The molecule has 0 fully saturated rings. The van der Waals surface area contributed by atoms with E-state index in [1.165, 1.54) is 29.5 Å². The molecule has 7 nitrogen and oxygen atoms in total. The molecule has 0 aliphatic heterocycles. The zero-order valence-corrected chi connectivity index (χ0v) is 17.3. The Bertz CT molecular complexity index is 1210. The second-order valence-corrected chi connectivity index (χ2v) is 7.40. The molecule has 0 unspecified atom stereocenters. The summed E-state index contributed by atoms with van der Waals surface area (Å²) in [5, 5.41) is 18.2. The fourth-order valence-corrected chi connectivity index (χ4v) is 3.95. The molecule has 4 aromatic rings. The zero-order valence-electron chi connectivity index (χ0n) is 16.5. The minimum atomic E-state index is -0.513. The third-order valence-electron chi connectivity index (χ3n) is 4.48. The number of carbonyl (C=O) groups excluding carboxylic acids is 2. The number of aromatic nitrogens is 1. The van der Waals surface area contributed by atoms with Gasteiger partial charge in [-0.15, -0.1) is 11.3 Å². The maximum Gasteiger partial charge on any atom is 0.341 e. The highest BCUT2D eigenvalue weighted by Gasteiger charge is 2.24. The molecule has 2 N–H and O–H groups in total. The van der Waals surface area contributed by atoms with Gasteiger partial charge in [0.05, 0.1) is 6.61 Å². The van der Waals surface area contributed by atoms with E-state index in [0.717, 1.165) is 5.56 Å². The van der Waals surface area contributed by atoms with Gasteiger partial charge in [-0.3, -0.25) is 4.79 Å². The minimum Gasteiger partial charge on any atom is -0.508 e. The van der Waals surface area contributed by atoms with E-state index < -0.39 is 11.9 Å². The van der Waals surface area contributed by atoms with Crippen molar-refractivity contribution in [3.05, 3.63) is 77.3 Å². The molecule has 0 saturated heterocycles. The van der Waals surface area contributed by atoms with Crippen LogP contribution in [0.4, 0.5) is 5.00 Å². The van der Waals surface area contributed by atoms with E-state index in [2.05, 4.69) is 10.5 Å². The van der Waals surface area contributed by atoms with Crippen LogP contribution in [0, 0.1) is 0 Å². The normalized spacial score (nSPS) is 10.6. The van der Waals surface area contributed by atoms with Crippen molar-refractivity contribution in [3.63, 3.8) is 0 Å². The van der Waals surface area contributed by atoms with E-state index >= 15 is 0 Å². The Hall–Kier alpha value is -3.91. The third-order valence-corrected chi connectivity index (χ3v) is 5.37. The molecule has 0 atom stereocenters. The van der Waals surface area contributed by atoms with Crippen molar-refractivity contribution in [1.82, 2.24) is 5.16 Å². The third kappa shape index (κ3) is 4.34. The van der Waals surface area contributed by atoms with Gasteiger partial charge in [0, 0.05) is 22.6 Å². The lowest BCUT2D eigenvalue weighted by Crippen LogP contribution is -2.15. The highest BCUT2D eigenvalue weighted by molar-refractivity contribution is 7.15. The number of esters is 1. The van der Waals surface area contributed by atoms with E-state index in [4.69, 9.17) is 9.26 Å². The maximum atomic E-state index is 12.8. The smallest absolute Gasteiger partial charge is 0.341 e. The molecule has 156 valence electrons. The summed E-state index contributed by atoms with van der Waals surface area (Å²) < 4.78 is 10.5. The number of anilines is 1. The van der Waals surface area contributed by atoms with Gasteiger partial charge in [0.25, 0.3) is 5.91 Å². The van der Waals surface area contributed by atoms with Gasteiger partial charge < -0.3 is 19.7 Å². The lowest BCUT2D eigenvalue weighted by molar-refractivity contribution is 0.0529. The molecule has 2 aromatic heterocycles. The molecule has 8 heteroatoms. The van der Waals surface area contributed by atoms with Crippen LogP contribution in [0.3, 0.4) is 0 Å². The average Bonchev–Trinajstić information content (AvgIpc) is 3.43. The van der Waals surface area contributed by atoms with Crippen LogP contribution in [-0.2, 0) is 4.74 Å².